The fourth-order valence-electron chi connectivity index (χ4n) is 2.11. The van der Waals surface area contributed by atoms with E-state index >= 15 is 0 Å². The lowest BCUT2D eigenvalue weighted by Crippen LogP contribution is -2.25. The molecule has 136 valence electrons. The van der Waals surface area contributed by atoms with E-state index in [2.05, 4.69) is 15.5 Å². The van der Waals surface area contributed by atoms with E-state index < -0.39 is 15.1 Å². The fraction of sp³-hybridized carbons (Fsp3) is 0.438. The van der Waals surface area contributed by atoms with Gasteiger partial charge in [0.1, 0.15) is 0 Å². The Morgan fingerprint density at radius 1 is 1.32 bits per heavy atom. The fourth-order valence-corrected chi connectivity index (χ4v) is 3.45. The minimum Gasteiger partial charge on any atom is -0.412 e. The van der Waals surface area contributed by atoms with E-state index in [0.717, 1.165) is 12.8 Å². The SMILES string of the molecule is CCCCC(=O)NCCc1nnc(S(=O)(=O)Cc2cccc(Cl)c2)o1. The Bertz CT molecular complexity index is 820. The predicted octanol–water partition coefficient (Wildman–Crippen LogP) is 2.55. The van der Waals surface area contributed by atoms with Crippen LogP contribution in [0.3, 0.4) is 0 Å². The van der Waals surface area contributed by atoms with Gasteiger partial charge in [0.15, 0.2) is 0 Å². The quantitative estimate of drug-likeness (QED) is 0.711. The van der Waals surface area contributed by atoms with Crippen molar-refractivity contribution >= 4 is 27.3 Å². The van der Waals surface area contributed by atoms with Crippen molar-refractivity contribution in [2.45, 2.75) is 43.6 Å². The molecule has 9 heteroatoms. The minimum absolute atomic E-state index is 0.0461. The van der Waals surface area contributed by atoms with Gasteiger partial charge in [0.05, 0.1) is 5.75 Å². The van der Waals surface area contributed by atoms with Gasteiger partial charge in [0.25, 0.3) is 0 Å². The second kappa shape index (κ2) is 8.96. The minimum atomic E-state index is -3.75. The summed E-state index contributed by atoms with van der Waals surface area (Å²) >= 11 is 5.86. The Morgan fingerprint density at radius 3 is 2.84 bits per heavy atom. The zero-order chi connectivity index (χ0) is 18.3. The summed E-state index contributed by atoms with van der Waals surface area (Å²) < 4.78 is 29.9. The molecule has 0 fully saturated rings. The van der Waals surface area contributed by atoms with Crippen LogP contribution in [-0.2, 0) is 26.8 Å². The van der Waals surface area contributed by atoms with E-state index in [0.29, 0.717) is 23.6 Å². The average molecular weight is 386 g/mol. The summed E-state index contributed by atoms with van der Waals surface area (Å²) in [4.78, 5) is 11.5. The van der Waals surface area contributed by atoms with Gasteiger partial charge in [0, 0.05) is 24.4 Å². The highest BCUT2D eigenvalue weighted by Crippen LogP contribution is 2.18. The van der Waals surface area contributed by atoms with E-state index in [-0.39, 0.29) is 24.0 Å². The number of nitrogens with one attached hydrogen (secondary N) is 1. The molecular formula is C16H20ClN3O4S. The van der Waals surface area contributed by atoms with Gasteiger partial charge in [-0.1, -0.05) is 42.2 Å². The first-order valence-electron chi connectivity index (χ1n) is 7.97. The third kappa shape index (κ3) is 6.13. The molecule has 0 saturated heterocycles. The van der Waals surface area contributed by atoms with Crippen LogP contribution >= 0.6 is 11.6 Å². The van der Waals surface area contributed by atoms with Gasteiger partial charge in [-0.15, -0.1) is 5.10 Å². The summed E-state index contributed by atoms with van der Waals surface area (Å²) in [5.74, 6) is -0.154. The van der Waals surface area contributed by atoms with Gasteiger partial charge >= 0.3 is 5.22 Å². The number of benzene rings is 1. The van der Waals surface area contributed by atoms with Crippen LogP contribution in [0.4, 0.5) is 0 Å². The van der Waals surface area contributed by atoms with Crippen molar-refractivity contribution in [2.24, 2.45) is 0 Å². The van der Waals surface area contributed by atoms with Gasteiger partial charge in [-0.05, 0) is 24.1 Å². The Hall–Kier alpha value is -1.93. The highest BCUT2D eigenvalue weighted by atomic mass is 35.5. The van der Waals surface area contributed by atoms with E-state index in [1.807, 2.05) is 6.92 Å². The van der Waals surface area contributed by atoms with E-state index in [9.17, 15) is 13.2 Å². The summed E-state index contributed by atoms with van der Waals surface area (Å²) in [5.41, 5.74) is 0.537. The van der Waals surface area contributed by atoms with Gasteiger partial charge in [0.2, 0.25) is 21.6 Å². The first-order chi connectivity index (χ1) is 11.9. The maximum atomic E-state index is 12.3. The lowest BCUT2D eigenvalue weighted by molar-refractivity contribution is -0.121. The van der Waals surface area contributed by atoms with Crippen molar-refractivity contribution in [2.75, 3.05) is 6.54 Å². The second-order valence-corrected chi connectivity index (χ2v) is 7.86. The third-order valence-corrected chi connectivity index (χ3v) is 5.02. The molecule has 0 saturated carbocycles. The maximum absolute atomic E-state index is 12.3. The highest BCUT2D eigenvalue weighted by Gasteiger charge is 2.23. The number of hydrogen-bond acceptors (Lipinski definition) is 6. The molecule has 1 aromatic heterocycles. The number of amides is 1. The van der Waals surface area contributed by atoms with Crippen LogP contribution in [0.15, 0.2) is 33.9 Å². The Morgan fingerprint density at radius 2 is 2.12 bits per heavy atom. The number of carbonyl (C=O) groups excluding carboxylic acids is 1. The first kappa shape index (κ1) is 19.4. The van der Waals surface area contributed by atoms with Crippen molar-refractivity contribution < 1.29 is 17.6 Å². The Balaban J connectivity index is 1.92. The molecule has 2 rings (SSSR count). The Labute approximate surface area is 151 Å². The highest BCUT2D eigenvalue weighted by molar-refractivity contribution is 7.90. The molecule has 25 heavy (non-hydrogen) atoms. The van der Waals surface area contributed by atoms with Crippen LogP contribution in [0.5, 0.6) is 0 Å². The molecule has 0 unspecified atom stereocenters. The van der Waals surface area contributed by atoms with Gasteiger partial charge < -0.3 is 9.73 Å². The summed E-state index contributed by atoms with van der Waals surface area (Å²) in [6.45, 7) is 2.33. The van der Waals surface area contributed by atoms with Gasteiger partial charge in [-0.25, -0.2) is 8.42 Å². The Kier molecular flexibility index (Phi) is 6.95. The standard InChI is InChI=1S/C16H20ClN3O4S/c1-2-3-7-14(21)18-9-8-15-19-20-16(24-15)25(22,23)11-12-5-4-6-13(17)10-12/h4-6,10H,2-3,7-9,11H2,1H3,(H,18,21). The van der Waals surface area contributed by atoms with Crippen molar-refractivity contribution in [3.05, 3.63) is 40.7 Å². The van der Waals surface area contributed by atoms with Crippen molar-refractivity contribution in [3.63, 3.8) is 0 Å². The summed E-state index contributed by atoms with van der Waals surface area (Å²) in [6, 6.07) is 6.57. The van der Waals surface area contributed by atoms with Crippen LogP contribution in [0.2, 0.25) is 5.02 Å². The lowest BCUT2D eigenvalue weighted by Gasteiger charge is -2.02. The summed E-state index contributed by atoms with van der Waals surface area (Å²) in [5, 5.41) is 10.1. The van der Waals surface area contributed by atoms with Gasteiger partial charge in [-0.3, -0.25) is 4.79 Å². The molecule has 0 bridgehead atoms. The molecule has 1 aromatic carbocycles. The van der Waals surface area contributed by atoms with Crippen molar-refractivity contribution in [3.8, 4) is 0 Å². The number of halogens is 1. The second-order valence-electron chi connectivity index (χ2n) is 5.55. The van der Waals surface area contributed by atoms with E-state index in [1.54, 1.807) is 24.3 Å². The molecule has 1 heterocycles. The molecule has 1 N–H and O–H groups in total. The zero-order valence-electron chi connectivity index (χ0n) is 13.9. The van der Waals surface area contributed by atoms with E-state index in [4.69, 9.17) is 16.0 Å². The third-order valence-electron chi connectivity index (χ3n) is 3.38. The van der Waals surface area contributed by atoms with Crippen LogP contribution in [-0.4, -0.2) is 31.1 Å². The zero-order valence-corrected chi connectivity index (χ0v) is 15.4. The number of carbonyl (C=O) groups is 1. The van der Waals surface area contributed by atoms with Crippen molar-refractivity contribution in [1.29, 1.82) is 0 Å². The predicted molar refractivity (Wildman–Crippen MR) is 92.9 cm³/mol. The lowest BCUT2D eigenvalue weighted by atomic mass is 10.2. The largest absolute Gasteiger partial charge is 0.412 e. The van der Waals surface area contributed by atoms with Crippen LogP contribution < -0.4 is 5.32 Å². The average Bonchev–Trinajstić information content (AvgIpc) is 3.02. The summed E-state index contributed by atoms with van der Waals surface area (Å²) in [7, 11) is -3.75. The van der Waals surface area contributed by atoms with E-state index in [1.165, 1.54) is 0 Å². The molecular weight excluding hydrogens is 366 g/mol. The summed E-state index contributed by atoms with van der Waals surface area (Å²) in [6.07, 6.45) is 2.53. The number of rotatable bonds is 9. The number of hydrogen-bond donors (Lipinski definition) is 1. The monoisotopic (exact) mass is 385 g/mol. The molecule has 1 amide bonds. The topological polar surface area (TPSA) is 102 Å². The maximum Gasteiger partial charge on any atom is 0.335 e. The number of sulfone groups is 1. The van der Waals surface area contributed by atoms with Crippen LogP contribution in [0.25, 0.3) is 0 Å². The van der Waals surface area contributed by atoms with Gasteiger partial charge in [-0.2, -0.15) is 0 Å². The molecule has 0 radical (unpaired) electrons. The molecule has 2 aromatic rings. The smallest absolute Gasteiger partial charge is 0.335 e. The molecule has 0 aliphatic heterocycles. The molecule has 0 aliphatic carbocycles. The van der Waals surface area contributed by atoms with Crippen molar-refractivity contribution in [1.82, 2.24) is 15.5 Å². The molecule has 0 aliphatic rings. The molecule has 0 spiro atoms. The normalized spacial score (nSPS) is 11.4. The number of unbranched alkanes of at least 4 members (excludes halogenated alkanes) is 1. The number of nitrogens with zero attached hydrogens (tertiary/aromatic N) is 2. The molecule has 7 nitrogen and oxygen atoms in total. The first-order valence-corrected chi connectivity index (χ1v) is 10.00. The van der Waals surface area contributed by atoms with Crippen LogP contribution in [0.1, 0.15) is 37.6 Å². The van der Waals surface area contributed by atoms with Crippen LogP contribution in [0, 0.1) is 0 Å². The molecule has 0 atom stereocenters. The number of aromatic nitrogens is 2.